The van der Waals surface area contributed by atoms with Crippen LogP contribution in [0.2, 0.25) is 0 Å². The van der Waals surface area contributed by atoms with Crippen molar-refractivity contribution < 1.29 is 4.74 Å². The van der Waals surface area contributed by atoms with E-state index in [0.29, 0.717) is 11.8 Å². The summed E-state index contributed by atoms with van der Waals surface area (Å²) in [4.78, 5) is 0. The molecule has 1 saturated carbocycles. The van der Waals surface area contributed by atoms with Crippen molar-refractivity contribution in [2.75, 3.05) is 7.11 Å². The molecule has 2 aromatic rings. The smallest absolute Gasteiger partial charge is 0.119 e. The molecule has 0 heterocycles. The van der Waals surface area contributed by atoms with E-state index in [1.54, 1.807) is 7.11 Å². The number of benzene rings is 2. The molecule has 0 amide bonds. The normalized spacial score (nSPS) is 30.0. The van der Waals surface area contributed by atoms with Crippen LogP contribution in [0.1, 0.15) is 35.4 Å². The molecule has 2 nitrogen and oxygen atoms in total. The molecule has 4 rings (SSSR count). The highest BCUT2D eigenvalue weighted by Gasteiger charge is 2.54. The maximum atomic E-state index is 6.87. The van der Waals surface area contributed by atoms with Crippen LogP contribution < -0.4 is 10.5 Å². The van der Waals surface area contributed by atoms with Gasteiger partial charge in [0.1, 0.15) is 5.75 Å². The van der Waals surface area contributed by atoms with Gasteiger partial charge in [-0.25, -0.2) is 0 Å². The first kappa shape index (κ1) is 12.9. The van der Waals surface area contributed by atoms with Crippen LogP contribution in [0.3, 0.4) is 0 Å². The predicted molar refractivity (Wildman–Crippen MR) is 84.5 cm³/mol. The summed E-state index contributed by atoms with van der Waals surface area (Å²) in [6, 6.07) is 17.2. The molecule has 0 bridgehead atoms. The van der Waals surface area contributed by atoms with Crippen molar-refractivity contribution in [3.63, 3.8) is 0 Å². The molecule has 1 unspecified atom stereocenters. The topological polar surface area (TPSA) is 35.2 Å². The van der Waals surface area contributed by atoms with E-state index >= 15 is 0 Å². The summed E-state index contributed by atoms with van der Waals surface area (Å²) in [6.45, 7) is 0. The zero-order chi connectivity index (χ0) is 14.4. The number of nitrogens with two attached hydrogens (primary N) is 1. The third-order valence-corrected chi connectivity index (χ3v) is 5.31. The Morgan fingerprint density at radius 2 is 1.95 bits per heavy atom. The highest BCUT2D eigenvalue weighted by Crippen LogP contribution is 2.59. The molecule has 2 aromatic carbocycles. The molecule has 0 spiro atoms. The molecule has 2 heteroatoms. The molecule has 2 aliphatic rings. The van der Waals surface area contributed by atoms with Gasteiger partial charge in [-0.3, -0.25) is 0 Å². The van der Waals surface area contributed by atoms with Crippen molar-refractivity contribution >= 4 is 0 Å². The quantitative estimate of drug-likeness (QED) is 0.931. The number of hydrogen-bond donors (Lipinski definition) is 1. The van der Waals surface area contributed by atoms with Crippen molar-refractivity contribution in [3.8, 4) is 5.75 Å². The molecule has 108 valence electrons. The number of hydrogen-bond acceptors (Lipinski definition) is 2. The summed E-state index contributed by atoms with van der Waals surface area (Å²) in [5, 5.41) is 0. The molecule has 1 fully saturated rings. The zero-order valence-electron chi connectivity index (χ0n) is 12.4. The van der Waals surface area contributed by atoms with Gasteiger partial charge in [-0.2, -0.15) is 0 Å². The third-order valence-electron chi connectivity index (χ3n) is 5.31. The van der Waals surface area contributed by atoms with Crippen molar-refractivity contribution in [1.29, 1.82) is 0 Å². The Kier molecular flexibility index (Phi) is 2.83. The van der Waals surface area contributed by atoms with Crippen LogP contribution in [0.15, 0.2) is 48.5 Å². The third kappa shape index (κ3) is 1.97. The lowest BCUT2D eigenvalue weighted by molar-refractivity contribution is 0.371. The highest BCUT2D eigenvalue weighted by atomic mass is 16.5. The number of fused-ring (bicyclic) bond motifs is 1. The summed E-state index contributed by atoms with van der Waals surface area (Å²) in [6.07, 6.45) is 3.36. The Morgan fingerprint density at radius 3 is 2.71 bits per heavy atom. The Morgan fingerprint density at radius 1 is 1.14 bits per heavy atom. The van der Waals surface area contributed by atoms with Crippen LogP contribution in [-0.4, -0.2) is 7.11 Å². The van der Waals surface area contributed by atoms with Crippen LogP contribution in [0.25, 0.3) is 0 Å². The van der Waals surface area contributed by atoms with Gasteiger partial charge in [0.05, 0.1) is 7.11 Å². The molecule has 2 aliphatic carbocycles. The first-order chi connectivity index (χ1) is 10.2. The van der Waals surface area contributed by atoms with Crippen LogP contribution in [0, 0.1) is 5.92 Å². The number of aryl methyl sites for hydroxylation is 1. The lowest BCUT2D eigenvalue weighted by Crippen LogP contribution is -2.37. The van der Waals surface area contributed by atoms with Crippen molar-refractivity contribution in [2.45, 2.75) is 30.7 Å². The first-order valence-electron chi connectivity index (χ1n) is 7.73. The van der Waals surface area contributed by atoms with Gasteiger partial charge in [-0.1, -0.05) is 36.4 Å². The first-order valence-corrected chi connectivity index (χ1v) is 7.73. The predicted octanol–water partition coefficient (Wildman–Crippen LogP) is 3.60. The number of ether oxygens (including phenoxy) is 1. The van der Waals surface area contributed by atoms with Gasteiger partial charge < -0.3 is 10.5 Å². The largest absolute Gasteiger partial charge is 0.497 e. The molecular formula is C19H21NO. The summed E-state index contributed by atoms with van der Waals surface area (Å²) >= 11 is 0. The molecule has 2 N–H and O–H groups in total. The lowest BCUT2D eigenvalue weighted by Gasteiger charge is -2.26. The van der Waals surface area contributed by atoms with Crippen molar-refractivity contribution in [2.24, 2.45) is 11.7 Å². The Bertz CT molecular complexity index is 667. The second kappa shape index (κ2) is 4.60. The van der Waals surface area contributed by atoms with Crippen LogP contribution in [0.4, 0.5) is 0 Å². The molecular weight excluding hydrogens is 258 g/mol. The minimum atomic E-state index is -0.176. The van der Waals surface area contributed by atoms with E-state index in [1.165, 1.54) is 23.1 Å². The van der Waals surface area contributed by atoms with E-state index in [4.69, 9.17) is 10.5 Å². The second-order valence-corrected chi connectivity index (χ2v) is 6.42. The zero-order valence-corrected chi connectivity index (χ0v) is 12.4. The van der Waals surface area contributed by atoms with Gasteiger partial charge >= 0.3 is 0 Å². The van der Waals surface area contributed by atoms with Gasteiger partial charge in [-0.15, -0.1) is 0 Å². The monoisotopic (exact) mass is 279 g/mol. The minimum Gasteiger partial charge on any atom is -0.497 e. The van der Waals surface area contributed by atoms with Crippen LogP contribution >= 0.6 is 0 Å². The summed E-state index contributed by atoms with van der Waals surface area (Å²) in [5.41, 5.74) is 10.8. The van der Waals surface area contributed by atoms with Crippen molar-refractivity contribution in [1.82, 2.24) is 0 Å². The minimum absolute atomic E-state index is 0.176. The average molecular weight is 279 g/mol. The SMILES string of the molecule is COc1ccc2c(c1)C(N)([C@@H]1C[C@H]1c1ccccc1)CC2. The second-order valence-electron chi connectivity index (χ2n) is 6.42. The summed E-state index contributed by atoms with van der Waals surface area (Å²) in [7, 11) is 1.72. The van der Waals surface area contributed by atoms with Crippen LogP contribution in [-0.2, 0) is 12.0 Å². The molecule has 3 atom stereocenters. The fraction of sp³-hybridized carbons (Fsp3) is 0.368. The van der Waals surface area contributed by atoms with E-state index in [-0.39, 0.29) is 5.54 Å². The van der Waals surface area contributed by atoms with Gasteiger partial charge in [0, 0.05) is 5.54 Å². The molecule has 0 aromatic heterocycles. The van der Waals surface area contributed by atoms with Gasteiger partial charge in [-0.05, 0) is 59.9 Å². The molecule has 0 aliphatic heterocycles. The van der Waals surface area contributed by atoms with Crippen LogP contribution in [0.5, 0.6) is 5.75 Å². The number of methoxy groups -OCH3 is 1. The maximum absolute atomic E-state index is 6.87. The Labute approximate surface area is 125 Å². The molecule has 21 heavy (non-hydrogen) atoms. The fourth-order valence-corrected chi connectivity index (χ4v) is 4.03. The van der Waals surface area contributed by atoms with Gasteiger partial charge in [0.2, 0.25) is 0 Å². The van der Waals surface area contributed by atoms with Gasteiger partial charge in [0.15, 0.2) is 0 Å². The lowest BCUT2D eigenvalue weighted by atomic mass is 9.85. The van der Waals surface area contributed by atoms with E-state index in [9.17, 15) is 0 Å². The summed E-state index contributed by atoms with van der Waals surface area (Å²) in [5.74, 6) is 2.10. The molecule has 0 radical (unpaired) electrons. The summed E-state index contributed by atoms with van der Waals surface area (Å²) < 4.78 is 5.39. The maximum Gasteiger partial charge on any atom is 0.119 e. The van der Waals surface area contributed by atoms with Crippen molar-refractivity contribution in [3.05, 3.63) is 65.2 Å². The van der Waals surface area contributed by atoms with E-state index in [2.05, 4.69) is 42.5 Å². The molecule has 0 saturated heterocycles. The fourth-order valence-electron chi connectivity index (χ4n) is 4.03. The standard InChI is InChI=1S/C19H21NO/c1-21-15-8-7-14-9-10-19(20,17(14)11-15)18-12-16(18)13-5-3-2-4-6-13/h2-8,11,16,18H,9-10,12,20H2,1H3/t16-,18+,19?/m0/s1. The van der Waals surface area contributed by atoms with E-state index in [0.717, 1.165) is 18.6 Å². The average Bonchev–Trinajstić information content (AvgIpc) is 3.28. The number of rotatable bonds is 3. The Hall–Kier alpha value is -1.80. The Balaban J connectivity index is 1.66. The van der Waals surface area contributed by atoms with Gasteiger partial charge in [0.25, 0.3) is 0 Å². The highest BCUT2D eigenvalue weighted by molar-refractivity contribution is 5.46. The van der Waals surface area contributed by atoms with E-state index in [1.807, 2.05) is 6.07 Å². The van der Waals surface area contributed by atoms with E-state index < -0.39 is 0 Å².